The highest BCUT2D eigenvalue weighted by atomic mass is 35.5. The van der Waals surface area contributed by atoms with Gasteiger partial charge in [0.2, 0.25) is 10.0 Å². The van der Waals surface area contributed by atoms with Crippen LogP contribution in [0.25, 0.3) is 0 Å². The van der Waals surface area contributed by atoms with Crippen molar-refractivity contribution in [2.75, 3.05) is 13.1 Å². The average molecular weight is 306 g/mol. The first-order chi connectivity index (χ1) is 8.87. The molecular formula is C12H16ClNO4S. The summed E-state index contributed by atoms with van der Waals surface area (Å²) in [5, 5.41) is 9.00. The molecule has 19 heavy (non-hydrogen) atoms. The zero-order chi connectivity index (χ0) is 14.5. The minimum Gasteiger partial charge on any atom is -0.481 e. The molecule has 5 nitrogen and oxygen atoms in total. The molecule has 0 amide bonds. The molecule has 7 heteroatoms. The third-order valence-corrected chi connectivity index (χ3v) is 4.61. The van der Waals surface area contributed by atoms with Crippen molar-refractivity contribution in [3.8, 4) is 0 Å². The van der Waals surface area contributed by atoms with Gasteiger partial charge in [0.1, 0.15) is 0 Å². The van der Waals surface area contributed by atoms with Gasteiger partial charge < -0.3 is 5.11 Å². The molecule has 0 aliphatic rings. The Morgan fingerprint density at radius 1 is 1.37 bits per heavy atom. The number of carboxylic acid groups (broad SMARTS) is 1. The van der Waals surface area contributed by atoms with Crippen LogP contribution >= 0.6 is 11.6 Å². The normalized spacial score (nSPS) is 11.7. The molecule has 0 aliphatic heterocycles. The van der Waals surface area contributed by atoms with Crippen LogP contribution in [0.15, 0.2) is 29.2 Å². The van der Waals surface area contributed by atoms with E-state index in [9.17, 15) is 13.2 Å². The molecule has 0 radical (unpaired) electrons. The Bertz CT molecular complexity index is 544. The molecule has 1 rings (SSSR count). The van der Waals surface area contributed by atoms with Crippen molar-refractivity contribution < 1.29 is 18.3 Å². The summed E-state index contributed by atoms with van der Waals surface area (Å²) >= 11 is 5.78. The van der Waals surface area contributed by atoms with Gasteiger partial charge in [0.15, 0.2) is 0 Å². The van der Waals surface area contributed by atoms with Crippen molar-refractivity contribution >= 4 is 27.6 Å². The molecule has 0 saturated heterocycles. The van der Waals surface area contributed by atoms with Gasteiger partial charge >= 0.3 is 5.97 Å². The molecule has 0 spiro atoms. The number of halogens is 1. The summed E-state index contributed by atoms with van der Waals surface area (Å²) in [6.45, 7) is 2.07. The van der Waals surface area contributed by atoms with Gasteiger partial charge in [-0.15, -0.1) is 0 Å². The van der Waals surface area contributed by atoms with Crippen LogP contribution in [0.2, 0.25) is 5.02 Å². The molecule has 0 aromatic heterocycles. The highest BCUT2D eigenvalue weighted by molar-refractivity contribution is 7.89. The van der Waals surface area contributed by atoms with E-state index in [1.165, 1.54) is 16.4 Å². The minimum atomic E-state index is -3.70. The Kier molecular flexibility index (Phi) is 5.78. The van der Waals surface area contributed by atoms with E-state index in [0.29, 0.717) is 11.4 Å². The lowest BCUT2D eigenvalue weighted by Crippen LogP contribution is -2.33. The number of nitrogens with zero attached hydrogens (tertiary/aromatic N) is 1. The highest BCUT2D eigenvalue weighted by Crippen LogP contribution is 2.20. The van der Waals surface area contributed by atoms with Gasteiger partial charge in [0.05, 0.1) is 11.3 Å². The molecule has 1 N–H and O–H groups in total. The molecule has 0 aliphatic carbocycles. The molecule has 0 atom stereocenters. The molecule has 0 saturated carbocycles. The van der Waals surface area contributed by atoms with Gasteiger partial charge in [0, 0.05) is 18.1 Å². The van der Waals surface area contributed by atoms with Gasteiger partial charge in [-0.05, 0) is 24.6 Å². The number of carbonyl (C=O) groups is 1. The van der Waals surface area contributed by atoms with Crippen molar-refractivity contribution in [2.24, 2.45) is 0 Å². The van der Waals surface area contributed by atoms with Crippen molar-refractivity contribution in [3.05, 3.63) is 29.3 Å². The summed E-state index contributed by atoms with van der Waals surface area (Å²) in [4.78, 5) is 10.7. The first-order valence-electron chi connectivity index (χ1n) is 5.85. The monoisotopic (exact) mass is 305 g/mol. The Morgan fingerprint density at radius 3 is 2.58 bits per heavy atom. The van der Waals surface area contributed by atoms with Gasteiger partial charge in [-0.3, -0.25) is 4.79 Å². The number of hydrogen-bond acceptors (Lipinski definition) is 3. The van der Waals surface area contributed by atoms with Crippen LogP contribution < -0.4 is 0 Å². The van der Waals surface area contributed by atoms with Crippen molar-refractivity contribution in [1.82, 2.24) is 4.31 Å². The summed E-state index contributed by atoms with van der Waals surface area (Å²) in [7, 11) is -3.70. The first-order valence-corrected chi connectivity index (χ1v) is 7.67. The molecule has 0 bridgehead atoms. The smallest absolute Gasteiger partial charge is 0.304 e. The van der Waals surface area contributed by atoms with Gasteiger partial charge in [-0.2, -0.15) is 4.31 Å². The van der Waals surface area contributed by atoms with Crippen molar-refractivity contribution in [2.45, 2.75) is 24.7 Å². The van der Waals surface area contributed by atoms with Crippen LogP contribution in [0.5, 0.6) is 0 Å². The summed E-state index contributed by atoms with van der Waals surface area (Å²) in [6.07, 6.45) is 0.388. The fourth-order valence-corrected chi connectivity index (χ4v) is 3.43. The number of aliphatic carboxylic acids is 1. The lowest BCUT2D eigenvalue weighted by atomic mass is 10.4. The molecule has 1 aromatic rings. The van der Waals surface area contributed by atoms with E-state index in [4.69, 9.17) is 16.7 Å². The lowest BCUT2D eigenvalue weighted by Gasteiger charge is -2.20. The van der Waals surface area contributed by atoms with Crippen LogP contribution in [-0.2, 0) is 14.8 Å². The third kappa shape index (κ3) is 4.49. The van der Waals surface area contributed by atoms with Gasteiger partial charge in [-0.25, -0.2) is 8.42 Å². The number of sulfonamides is 1. The Morgan fingerprint density at radius 2 is 2.05 bits per heavy atom. The maximum Gasteiger partial charge on any atom is 0.304 e. The topological polar surface area (TPSA) is 74.7 Å². The van der Waals surface area contributed by atoms with Crippen molar-refractivity contribution in [3.63, 3.8) is 0 Å². The summed E-state index contributed by atoms with van der Waals surface area (Å²) in [5.41, 5.74) is 0. The number of benzene rings is 1. The lowest BCUT2D eigenvalue weighted by molar-refractivity contribution is -0.137. The largest absolute Gasteiger partial charge is 0.481 e. The third-order valence-electron chi connectivity index (χ3n) is 2.48. The van der Waals surface area contributed by atoms with Crippen LogP contribution in [-0.4, -0.2) is 36.9 Å². The van der Waals surface area contributed by atoms with E-state index in [1.807, 2.05) is 6.92 Å². The van der Waals surface area contributed by atoms with E-state index in [1.54, 1.807) is 12.1 Å². The van der Waals surface area contributed by atoms with Crippen molar-refractivity contribution in [1.29, 1.82) is 0 Å². The van der Waals surface area contributed by atoms with Crippen LogP contribution in [0, 0.1) is 0 Å². The zero-order valence-corrected chi connectivity index (χ0v) is 12.1. The standard InChI is InChI=1S/C12H16ClNO4S/c1-2-7-14(8-6-12(15)16)19(17,18)11-5-3-4-10(13)9-11/h3-5,9H,2,6-8H2,1H3,(H,15,16). The van der Waals surface area contributed by atoms with Gasteiger partial charge in [0.25, 0.3) is 0 Å². The Balaban J connectivity index is 3.02. The molecule has 1 aromatic carbocycles. The maximum atomic E-state index is 12.4. The van der Waals surface area contributed by atoms with Gasteiger partial charge in [-0.1, -0.05) is 24.6 Å². The number of carboxylic acids is 1. The number of rotatable bonds is 7. The highest BCUT2D eigenvalue weighted by Gasteiger charge is 2.24. The quantitative estimate of drug-likeness (QED) is 0.838. The zero-order valence-electron chi connectivity index (χ0n) is 10.5. The fraction of sp³-hybridized carbons (Fsp3) is 0.417. The van der Waals surface area contributed by atoms with Crippen LogP contribution in [0.3, 0.4) is 0 Å². The molecule has 106 valence electrons. The first kappa shape index (κ1) is 15.9. The summed E-state index contributed by atoms with van der Waals surface area (Å²) in [6, 6.07) is 5.95. The van der Waals surface area contributed by atoms with E-state index in [2.05, 4.69) is 0 Å². The molecule has 0 heterocycles. The van der Waals surface area contributed by atoms with E-state index < -0.39 is 16.0 Å². The second kappa shape index (κ2) is 6.88. The molecule has 0 fully saturated rings. The Hall–Kier alpha value is -1.11. The van der Waals surface area contributed by atoms with E-state index in [0.717, 1.165) is 0 Å². The summed E-state index contributed by atoms with van der Waals surface area (Å²) < 4.78 is 25.9. The second-order valence-electron chi connectivity index (χ2n) is 4.01. The second-order valence-corrected chi connectivity index (χ2v) is 6.38. The summed E-state index contributed by atoms with van der Waals surface area (Å²) in [5.74, 6) is -1.03. The minimum absolute atomic E-state index is 0.0436. The fourth-order valence-electron chi connectivity index (χ4n) is 1.60. The molecular weight excluding hydrogens is 290 g/mol. The predicted molar refractivity (Wildman–Crippen MR) is 72.8 cm³/mol. The predicted octanol–water partition coefficient (Wildman–Crippen LogP) is 2.22. The van der Waals surface area contributed by atoms with E-state index in [-0.39, 0.29) is 24.4 Å². The maximum absolute atomic E-state index is 12.4. The van der Waals surface area contributed by atoms with E-state index >= 15 is 0 Å². The van der Waals surface area contributed by atoms with Crippen LogP contribution in [0.4, 0.5) is 0 Å². The molecule has 0 unspecified atom stereocenters. The average Bonchev–Trinajstić information content (AvgIpc) is 2.34. The Labute approximate surface area is 117 Å². The van der Waals surface area contributed by atoms with Crippen LogP contribution in [0.1, 0.15) is 19.8 Å². The SMILES string of the molecule is CCCN(CCC(=O)O)S(=O)(=O)c1cccc(Cl)c1. The number of hydrogen-bond donors (Lipinski definition) is 1.